The average Bonchev–Trinajstić information content (AvgIpc) is 2.12. The Morgan fingerprint density at radius 2 is 2.21 bits per heavy atom. The lowest BCUT2D eigenvalue weighted by atomic mass is 10.1. The molecule has 0 aliphatic rings. The first kappa shape index (κ1) is 11.6. The summed E-state index contributed by atoms with van der Waals surface area (Å²) in [6, 6.07) is 2.81. The summed E-state index contributed by atoms with van der Waals surface area (Å²) in [6.07, 6.45) is 0.191. The molecule has 0 fully saturated rings. The number of hydrogen-bond acceptors (Lipinski definition) is 2. The largest absolute Gasteiger partial charge is 0.768 e. The van der Waals surface area contributed by atoms with Crippen molar-refractivity contribution in [1.82, 2.24) is 0 Å². The third kappa shape index (κ3) is 2.53. The number of aryl methyl sites for hydroxylation is 1. The van der Waals surface area contributed by atoms with Gasteiger partial charge in [0.2, 0.25) is 0 Å². The highest BCUT2D eigenvalue weighted by molar-refractivity contribution is 7.79. The molecule has 78 valence electrons. The predicted molar refractivity (Wildman–Crippen MR) is 53.1 cm³/mol. The van der Waals surface area contributed by atoms with Crippen molar-refractivity contribution in [3.05, 3.63) is 28.3 Å². The Balaban J connectivity index is 3.20. The number of halogens is 2. The summed E-state index contributed by atoms with van der Waals surface area (Å²) >= 11 is 3.48. The van der Waals surface area contributed by atoms with Crippen molar-refractivity contribution < 1.29 is 13.2 Å². The van der Waals surface area contributed by atoms with E-state index in [9.17, 15) is 13.2 Å². The van der Waals surface area contributed by atoms with Gasteiger partial charge in [0, 0.05) is 16.3 Å². The molecule has 1 unspecified atom stereocenters. The van der Waals surface area contributed by atoms with Crippen LogP contribution in [0.1, 0.15) is 11.1 Å². The molecule has 0 heterocycles. The summed E-state index contributed by atoms with van der Waals surface area (Å²) in [5, 5.41) is 0.357. The Kier molecular flexibility index (Phi) is 4.04. The van der Waals surface area contributed by atoms with Crippen LogP contribution < -0.4 is 0 Å². The van der Waals surface area contributed by atoms with Crippen molar-refractivity contribution >= 4 is 22.7 Å². The molecule has 0 aliphatic carbocycles. The second-order valence-electron chi connectivity index (χ2n) is 2.86. The lowest BCUT2D eigenvalue weighted by Gasteiger charge is -2.11. The minimum absolute atomic E-state index is 0.101. The summed E-state index contributed by atoms with van der Waals surface area (Å²) in [6.45, 7) is 1.22. The van der Waals surface area contributed by atoms with E-state index < -0.39 is 17.8 Å². The molecule has 0 aliphatic heterocycles. The van der Waals surface area contributed by atoms with Gasteiger partial charge in [0.15, 0.2) is 0 Å². The van der Waals surface area contributed by atoms with Crippen LogP contribution in [0.15, 0.2) is 17.0 Å². The normalized spacial score (nSPS) is 12.9. The van der Waals surface area contributed by atoms with Gasteiger partial charge in [-0.25, -0.2) is 0 Å². The van der Waals surface area contributed by atoms with Crippen LogP contribution in [-0.2, 0) is 17.5 Å². The number of rotatable bonds is 3. The molecule has 1 aromatic rings. The molecule has 0 saturated heterocycles. The molecule has 14 heavy (non-hydrogen) atoms. The van der Waals surface area contributed by atoms with Crippen molar-refractivity contribution in [3.8, 4) is 0 Å². The van der Waals surface area contributed by atoms with Crippen molar-refractivity contribution in [3.63, 3.8) is 0 Å². The Morgan fingerprint density at radius 1 is 1.57 bits per heavy atom. The lowest BCUT2D eigenvalue weighted by Crippen LogP contribution is -1.97. The average molecular weight is 236 g/mol. The fourth-order valence-electron chi connectivity index (χ4n) is 1.17. The van der Waals surface area contributed by atoms with Crippen LogP contribution in [0, 0.1) is 6.92 Å². The summed E-state index contributed by atoms with van der Waals surface area (Å²) < 4.78 is 33.5. The zero-order valence-corrected chi connectivity index (χ0v) is 9.12. The number of hydrogen-bond donors (Lipinski definition) is 0. The minimum atomic E-state index is -2.32. The SMILES string of the molecule is Cc1c(Cl)cc(S(=O)[O-])cc1CCF. The fourth-order valence-corrected chi connectivity index (χ4v) is 1.92. The maximum Gasteiger partial charge on any atom is 0.0934 e. The Labute approximate surface area is 89.4 Å². The van der Waals surface area contributed by atoms with Gasteiger partial charge < -0.3 is 4.55 Å². The highest BCUT2D eigenvalue weighted by Gasteiger charge is 2.06. The third-order valence-corrected chi connectivity index (χ3v) is 2.99. The summed E-state index contributed by atoms with van der Waals surface area (Å²) in [5.41, 5.74) is 1.37. The fraction of sp³-hybridized carbons (Fsp3) is 0.333. The van der Waals surface area contributed by atoms with Crippen LogP contribution in [0.5, 0.6) is 0 Å². The summed E-state index contributed by atoms with van der Waals surface area (Å²) in [7, 11) is 0. The second kappa shape index (κ2) is 4.87. The van der Waals surface area contributed by atoms with E-state index in [2.05, 4.69) is 0 Å². The molecule has 0 bridgehead atoms. The maximum absolute atomic E-state index is 12.1. The van der Waals surface area contributed by atoms with E-state index in [4.69, 9.17) is 11.6 Å². The third-order valence-electron chi connectivity index (χ3n) is 1.98. The molecule has 5 heteroatoms. The predicted octanol–water partition coefficient (Wildman–Crippen LogP) is 2.40. The van der Waals surface area contributed by atoms with Crippen LogP contribution in [0.25, 0.3) is 0 Å². The van der Waals surface area contributed by atoms with Crippen LogP contribution in [0.4, 0.5) is 4.39 Å². The second-order valence-corrected chi connectivity index (χ2v) is 4.21. The Bertz CT molecular complexity index is 368. The lowest BCUT2D eigenvalue weighted by molar-refractivity contribution is 0.494. The van der Waals surface area contributed by atoms with E-state index in [1.807, 2.05) is 0 Å². The number of alkyl halides is 1. The van der Waals surface area contributed by atoms with Crippen LogP contribution >= 0.6 is 11.6 Å². The monoisotopic (exact) mass is 235 g/mol. The van der Waals surface area contributed by atoms with Crippen molar-refractivity contribution in [1.29, 1.82) is 0 Å². The van der Waals surface area contributed by atoms with Crippen molar-refractivity contribution in [2.75, 3.05) is 6.67 Å². The standard InChI is InChI=1S/C9H10ClFO2S/c1-6-7(2-3-11)4-8(14(12)13)5-9(6)10/h4-5H,2-3H2,1H3,(H,12,13)/p-1. The topological polar surface area (TPSA) is 40.1 Å². The maximum atomic E-state index is 12.1. The number of benzene rings is 1. The minimum Gasteiger partial charge on any atom is -0.768 e. The highest BCUT2D eigenvalue weighted by atomic mass is 35.5. The Hall–Kier alpha value is -0.450. The molecule has 0 radical (unpaired) electrons. The van der Waals surface area contributed by atoms with E-state index in [0.29, 0.717) is 10.6 Å². The zero-order chi connectivity index (χ0) is 10.7. The molecular formula is C9H9ClFO2S-. The van der Waals surface area contributed by atoms with E-state index in [1.165, 1.54) is 12.1 Å². The molecule has 0 amide bonds. The molecule has 1 rings (SSSR count). The van der Waals surface area contributed by atoms with Crippen LogP contribution in [0.2, 0.25) is 5.02 Å². The van der Waals surface area contributed by atoms with Gasteiger partial charge in [-0.15, -0.1) is 0 Å². The molecule has 0 saturated carbocycles. The smallest absolute Gasteiger partial charge is 0.0934 e. The summed E-state index contributed by atoms with van der Waals surface area (Å²) in [5.74, 6) is 0. The molecule has 1 atom stereocenters. The van der Waals surface area contributed by atoms with E-state index in [1.54, 1.807) is 6.92 Å². The molecule has 0 N–H and O–H groups in total. The molecule has 2 nitrogen and oxygen atoms in total. The van der Waals surface area contributed by atoms with Gasteiger partial charge in [-0.05, 0) is 41.3 Å². The first-order valence-electron chi connectivity index (χ1n) is 4.00. The van der Waals surface area contributed by atoms with Gasteiger partial charge in [-0.1, -0.05) is 11.6 Å². The van der Waals surface area contributed by atoms with Gasteiger partial charge in [0.25, 0.3) is 0 Å². The molecular weight excluding hydrogens is 227 g/mol. The first-order chi connectivity index (χ1) is 6.56. The van der Waals surface area contributed by atoms with Gasteiger partial charge in [-0.2, -0.15) is 0 Å². The quantitative estimate of drug-likeness (QED) is 0.755. The van der Waals surface area contributed by atoms with E-state index in [0.717, 1.165) is 5.56 Å². The first-order valence-corrected chi connectivity index (χ1v) is 5.45. The van der Waals surface area contributed by atoms with E-state index in [-0.39, 0.29) is 11.3 Å². The van der Waals surface area contributed by atoms with E-state index >= 15 is 0 Å². The van der Waals surface area contributed by atoms with Crippen LogP contribution in [0.3, 0.4) is 0 Å². The molecule has 0 aromatic heterocycles. The zero-order valence-electron chi connectivity index (χ0n) is 7.55. The van der Waals surface area contributed by atoms with Crippen molar-refractivity contribution in [2.24, 2.45) is 0 Å². The molecule has 1 aromatic carbocycles. The highest BCUT2D eigenvalue weighted by Crippen LogP contribution is 2.23. The summed E-state index contributed by atoms with van der Waals surface area (Å²) in [4.78, 5) is 0.101. The van der Waals surface area contributed by atoms with Gasteiger partial charge in [-0.3, -0.25) is 8.60 Å². The van der Waals surface area contributed by atoms with Gasteiger partial charge >= 0.3 is 0 Å². The van der Waals surface area contributed by atoms with Gasteiger partial charge in [0.05, 0.1) is 6.67 Å². The van der Waals surface area contributed by atoms with Crippen molar-refractivity contribution in [2.45, 2.75) is 18.2 Å². The molecule has 0 spiro atoms. The Morgan fingerprint density at radius 3 is 2.71 bits per heavy atom. The van der Waals surface area contributed by atoms with Gasteiger partial charge in [0.1, 0.15) is 0 Å². The van der Waals surface area contributed by atoms with Crippen LogP contribution in [-0.4, -0.2) is 15.4 Å².